The first-order valence-electron chi connectivity index (χ1n) is 6.72. The Bertz CT molecular complexity index is 572. The molecule has 1 aliphatic heterocycles. The zero-order valence-corrected chi connectivity index (χ0v) is 13.0. The van der Waals surface area contributed by atoms with Crippen LogP contribution in [-0.4, -0.2) is 56.0 Å². The highest BCUT2D eigenvalue weighted by atomic mass is 32.2. The highest BCUT2D eigenvalue weighted by Gasteiger charge is 2.38. The van der Waals surface area contributed by atoms with Crippen LogP contribution in [0.5, 0.6) is 0 Å². The quantitative estimate of drug-likeness (QED) is 0.891. The van der Waals surface area contributed by atoms with Crippen LogP contribution in [0.25, 0.3) is 0 Å². The van der Waals surface area contributed by atoms with Crippen molar-refractivity contribution in [1.29, 1.82) is 0 Å². The summed E-state index contributed by atoms with van der Waals surface area (Å²) in [5, 5.41) is 9.13. The van der Waals surface area contributed by atoms with Crippen LogP contribution in [-0.2, 0) is 16.6 Å². The number of sulfonamides is 1. The summed E-state index contributed by atoms with van der Waals surface area (Å²) < 4.78 is 26.8. The van der Waals surface area contributed by atoms with Crippen LogP contribution in [0.2, 0.25) is 0 Å². The maximum Gasteiger partial charge on any atom is 0.243 e. The summed E-state index contributed by atoms with van der Waals surface area (Å²) in [5.74, 6) is 0.306. The summed E-state index contributed by atoms with van der Waals surface area (Å²) >= 11 is 0. The summed E-state index contributed by atoms with van der Waals surface area (Å²) in [5.41, 5.74) is 0.613. The Balaban J connectivity index is 2.27. The van der Waals surface area contributed by atoms with Gasteiger partial charge in [-0.15, -0.1) is 0 Å². The van der Waals surface area contributed by atoms with Crippen LogP contribution < -0.4 is 0 Å². The highest BCUT2D eigenvalue weighted by Crippen LogP contribution is 2.26. The van der Waals surface area contributed by atoms with Crippen molar-refractivity contribution in [1.82, 2.24) is 9.21 Å². The van der Waals surface area contributed by atoms with Crippen LogP contribution in [0.1, 0.15) is 12.5 Å². The van der Waals surface area contributed by atoms with Gasteiger partial charge in [0, 0.05) is 19.1 Å². The minimum Gasteiger partial charge on any atom is -0.392 e. The fraction of sp³-hybridized carbons (Fsp3) is 0.571. The molecule has 0 saturated carbocycles. The SMILES string of the molecule is CC1CN(S(=O)(=O)c2cccc(CO)c2)CC1N(C)C. The van der Waals surface area contributed by atoms with E-state index in [2.05, 4.69) is 11.8 Å². The number of aliphatic hydroxyl groups is 1. The van der Waals surface area contributed by atoms with Crippen LogP contribution >= 0.6 is 0 Å². The Morgan fingerprint density at radius 1 is 1.35 bits per heavy atom. The number of nitrogens with zero attached hydrogens (tertiary/aromatic N) is 2. The van der Waals surface area contributed by atoms with Crippen LogP contribution in [0.4, 0.5) is 0 Å². The van der Waals surface area contributed by atoms with Crippen molar-refractivity contribution in [2.75, 3.05) is 27.2 Å². The van der Waals surface area contributed by atoms with Gasteiger partial charge in [0.25, 0.3) is 0 Å². The van der Waals surface area contributed by atoms with Crippen molar-refractivity contribution < 1.29 is 13.5 Å². The highest BCUT2D eigenvalue weighted by molar-refractivity contribution is 7.89. The number of hydrogen-bond acceptors (Lipinski definition) is 4. The number of likely N-dealkylation sites (N-methyl/N-ethyl adjacent to an activating group) is 1. The molecular formula is C14H22N2O3S. The molecule has 1 saturated heterocycles. The molecule has 6 heteroatoms. The van der Waals surface area contributed by atoms with E-state index in [4.69, 9.17) is 5.11 Å². The lowest BCUT2D eigenvalue weighted by molar-refractivity contribution is 0.263. The van der Waals surface area contributed by atoms with Gasteiger partial charge in [-0.25, -0.2) is 8.42 Å². The number of aliphatic hydroxyl groups excluding tert-OH is 1. The molecule has 0 bridgehead atoms. The zero-order chi connectivity index (χ0) is 14.9. The zero-order valence-electron chi connectivity index (χ0n) is 12.2. The molecule has 20 heavy (non-hydrogen) atoms. The standard InChI is InChI=1S/C14H22N2O3S/c1-11-8-16(9-14(11)15(2)3)20(18,19)13-6-4-5-12(7-13)10-17/h4-7,11,14,17H,8-10H2,1-3H3. The molecule has 0 aliphatic carbocycles. The molecule has 1 aromatic carbocycles. The van der Waals surface area contributed by atoms with Gasteiger partial charge in [-0.05, 0) is 37.7 Å². The molecule has 0 spiro atoms. The van der Waals surface area contributed by atoms with Crippen molar-refractivity contribution in [2.45, 2.75) is 24.5 Å². The number of rotatable bonds is 4. The van der Waals surface area contributed by atoms with Gasteiger partial charge in [0.05, 0.1) is 11.5 Å². The van der Waals surface area contributed by atoms with Crippen molar-refractivity contribution in [3.63, 3.8) is 0 Å². The molecule has 1 heterocycles. The second-order valence-electron chi connectivity index (χ2n) is 5.64. The molecular weight excluding hydrogens is 276 g/mol. The molecule has 5 nitrogen and oxygen atoms in total. The maximum atomic E-state index is 12.6. The Morgan fingerprint density at radius 2 is 2.05 bits per heavy atom. The Hall–Kier alpha value is -0.950. The summed E-state index contributed by atoms with van der Waals surface area (Å²) in [7, 11) is 0.477. The van der Waals surface area contributed by atoms with Crippen molar-refractivity contribution in [3.05, 3.63) is 29.8 Å². The summed E-state index contributed by atoms with van der Waals surface area (Å²) in [6, 6.07) is 6.76. The lowest BCUT2D eigenvalue weighted by Gasteiger charge is -2.22. The fourth-order valence-electron chi connectivity index (χ4n) is 2.73. The second-order valence-corrected chi connectivity index (χ2v) is 7.57. The molecule has 0 amide bonds. The molecule has 1 aliphatic rings. The van der Waals surface area contributed by atoms with Crippen molar-refractivity contribution in [3.8, 4) is 0 Å². The van der Waals surface area contributed by atoms with Crippen molar-refractivity contribution in [2.24, 2.45) is 5.92 Å². The molecule has 2 unspecified atom stereocenters. The van der Waals surface area contributed by atoms with Gasteiger partial charge in [-0.2, -0.15) is 4.31 Å². The molecule has 1 aromatic rings. The average molecular weight is 298 g/mol. The minimum atomic E-state index is -3.48. The van der Waals surface area contributed by atoms with Gasteiger partial charge in [-0.3, -0.25) is 0 Å². The van der Waals surface area contributed by atoms with E-state index in [-0.39, 0.29) is 17.5 Å². The van der Waals surface area contributed by atoms with Gasteiger partial charge >= 0.3 is 0 Å². The summed E-state index contributed by atoms with van der Waals surface area (Å²) in [4.78, 5) is 2.33. The van der Waals surface area contributed by atoms with E-state index in [0.29, 0.717) is 24.6 Å². The fourth-order valence-corrected chi connectivity index (χ4v) is 4.36. The van der Waals surface area contributed by atoms with E-state index in [1.807, 2.05) is 14.1 Å². The van der Waals surface area contributed by atoms with Gasteiger partial charge in [0.1, 0.15) is 0 Å². The first-order valence-corrected chi connectivity index (χ1v) is 8.16. The van der Waals surface area contributed by atoms with Gasteiger partial charge in [0.15, 0.2) is 0 Å². The minimum absolute atomic E-state index is 0.153. The molecule has 1 N–H and O–H groups in total. The first-order chi connectivity index (χ1) is 9.36. The van der Waals surface area contributed by atoms with E-state index < -0.39 is 10.0 Å². The Morgan fingerprint density at radius 3 is 2.60 bits per heavy atom. The van der Waals surface area contributed by atoms with Crippen LogP contribution in [0, 0.1) is 5.92 Å². The molecule has 2 atom stereocenters. The van der Waals surface area contributed by atoms with Crippen LogP contribution in [0.15, 0.2) is 29.2 Å². The van der Waals surface area contributed by atoms with E-state index in [1.54, 1.807) is 28.6 Å². The third-order valence-corrected chi connectivity index (χ3v) is 5.75. The molecule has 0 aromatic heterocycles. The smallest absolute Gasteiger partial charge is 0.243 e. The third-order valence-electron chi connectivity index (χ3n) is 3.92. The van der Waals surface area contributed by atoms with Gasteiger partial charge in [-0.1, -0.05) is 19.1 Å². The Labute approximate surface area is 120 Å². The van der Waals surface area contributed by atoms with E-state index in [0.717, 1.165) is 0 Å². The third kappa shape index (κ3) is 2.88. The molecule has 1 fully saturated rings. The predicted octanol–water partition coefficient (Wildman–Crippen LogP) is 0.750. The predicted molar refractivity (Wildman–Crippen MR) is 77.8 cm³/mol. The largest absolute Gasteiger partial charge is 0.392 e. The normalized spacial score (nSPS) is 24.4. The van der Waals surface area contributed by atoms with E-state index in [9.17, 15) is 8.42 Å². The summed E-state index contributed by atoms with van der Waals surface area (Å²) in [6.07, 6.45) is 0. The summed E-state index contributed by atoms with van der Waals surface area (Å²) in [6.45, 7) is 2.97. The maximum absolute atomic E-state index is 12.6. The second kappa shape index (κ2) is 5.81. The first kappa shape index (κ1) is 15.4. The number of hydrogen-bond donors (Lipinski definition) is 1. The monoisotopic (exact) mass is 298 g/mol. The van der Waals surface area contributed by atoms with Crippen molar-refractivity contribution >= 4 is 10.0 Å². The molecule has 0 radical (unpaired) electrons. The molecule has 2 rings (SSSR count). The van der Waals surface area contributed by atoms with E-state index in [1.165, 1.54) is 0 Å². The lowest BCUT2D eigenvalue weighted by Crippen LogP contribution is -2.35. The topological polar surface area (TPSA) is 60.9 Å². The Kier molecular flexibility index (Phi) is 4.49. The molecule has 112 valence electrons. The van der Waals surface area contributed by atoms with E-state index >= 15 is 0 Å². The van der Waals surface area contributed by atoms with Gasteiger partial charge < -0.3 is 10.0 Å². The van der Waals surface area contributed by atoms with Gasteiger partial charge in [0.2, 0.25) is 10.0 Å². The lowest BCUT2D eigenvalue weighted by atomic mass is 10.1. The number of benzene rings is 1. The van der Waals surface area contributed by atoms with Crippen LogP contribution in [0.3, 0.4) is 0 Å². The average Bonchev–Trinajstić information content (AvgIpc) is 2.82.